The Labute approximate surface area is 790 Å². The third-order valence-electron chi connectivity index (χ3n) is 20.8. The number of hydrogen-bond acceptors (Lipinski definition) is 15. The smallest absolute Gasteiger partial charge is 0.850 e. The van der Waals surface area contributed by atoms with E-state index in [4.69, 9.17) is 41.6 Å². The summed E-state index contributed by atoms with van der Waals surface area (Å²) in [5.41, 5.74) is 14.9. The van der Waals surface area contributed by atoms with Crippen molar-refractivity contribution in [2.24, 2.45) is 0 Å². The molecule has 0 saturated heterocycles. The van der Waals surface area contributed by atoms with Crippen molar-refractivity contribution in [3.63, 3.8) is 0 Å². The summed E-state index contributed by atoms with van der Waals surface area (Å²) in [7, 11) is -2.03. The van der Waals surface area contributed by atoms with Crippen LogP contribution in [-0.4, -0.2) is 91.7 Å². The van der Waals surface area contributed by atoms with E-state index in [1.54, 1.807) is 20.8 Å². The monoisotopic (exact) mass is 1750 g/mol. The number of rotatable bonds is 11. The van der Waals surface area contributed by atoms with Crippen LogP contribution in [0.1, 0.15) is 126 Å². The van der Waals surface area contributed by atoms with Crippen LogP contribution in [-0.2, 0) is 21.7 Å². The number of nitrogens with zero attached hydrogens (tertiary/aromatic N) is 14. The maximum atomic E-state index is 14.1. The van der Waals surface area contributed by atoms with E-state index in [1.807, 2.05) is 164 Å². The maximum absolute atomic E-state index is 14.1. The fourth-order valence-corrected chi connectivity index (χ4v) is 14.3. The van der Waals surface area contributed by atoms with Gasteiger partial charge in [0.05, 0.1) is 57.5 Å². The molecule has 638 valence electrons. The molecule has 0 unspecified atom stereocenters. The first-order chi connectivity index (χ1) is 60.4. The summed E-state index contributed by atoms with van der Waals surface area (Å²) in [6.45, 7) is 32.3. The molecule has 17 nitrogen and oxygen atoms in total. The molecule has 0 aliphatic rings. The van der Waals surface area contributed by atoms with Crippen molar-refractivity contribution in [2.75, 3.05) is 0 Å². The van der Waals surface area contributed by atoms with E-state index in [9.17, 15) is 22.7 Å². The van der Waals surface area contributed by atoms with Gasteiger partial charge in [-0.2, -0.15) is 18.7 Å². The van der Waals surface area contributed by atoms with Crippen molar-refractivity contribution in [1.82, 2.24) is 68.9 Å². The number of benzene rings is 10. The summed E-state index contributed by atoms with van der Waals surface area (Å²) in [6.07, 6.45) is 3.51. The first-order valence-corrected chi connectivity index (χ1v) is 41.9. The molecule has 10 aromatic carbocycles. The first-order valence-electron chi connectivity index (χ1n) is 41.5. The zero-order chi connectivity index (χ0) is 90.4. The third-order valence-corrected chi connectivity index (χ3v) is 21.0. The summed E-state index contributed by atoms with van der Waals surface area (Å²) in [5, 5.41) is 32.0. The van der Waals surface area contributed by atoms with Crippen LogP contribution >= 0.6 is 11.6 Å². The number of halogens is 5. The van der Waals surface area contributed by atoms with Crippen LogP contribution in [0, 0.1) is 23.5 Å². The Morgan fingerprint density at radius 3 is 0.859 bits per heavy atom. The van der Waals surface area contributed by atoms with Crippen LogP contribution in [0.3, 0.4) is 0 Å². The molecule has 18 rings (SSSR count). The average Bonchev–Trinajstić information content (AvgIpc) is 1.75. The van der Waals surface area contributed by atoms with Crippen LogP contribution in [0.2, 0.25) is 5.28 Å². The molecule has 8 heterocycles. The standard InChI is InChI=1S/C60H60N6.C20H12F2N4.C15H10ClN3.C5H4BF2NO2.C4H9O.K/c1-57(2,3)39-23-27-49-44(31-39)45-32-40(58(4,5)6)24-28-50(45)65(49)43-35-48(55-63-53(37-19-15-13-16-20-37)62-54(64-55)38-21-17-14-18-22-38)56(61-36-43)66-51-29-25-41(59(7,8)9)33-46(51)47-34-42(60(10,11)12)26-30-52(47)66;21-15-11-16(17(22)23-12-15)20-25-18(13-7-3-1-4-8-13)24-19(26-20)14-9-5-2-6-10-14;16-15-18-13(11-7-3-1-4-8-11)17-14(19-15)12-9-5-2-6-10-12;7-3-1-4(6(10)11)5(8)9-2-3;1-4(2,3)5;/h13-36H,1-12H3;1-12H;1-10H;1-2,10-11H;1-3H3;/q;;;;-1;+1. The number of aromatic nitrogens is 14. The van der Waals surface area contributed by atoms with Crippen molar-refractivity contribution < 1.29 is 84.1 Å². The van der Waals surface area contributed by atoms with Crippen molar-refractivity contribution >= 4 is 67.8 Å². The van der Waals surface area contributed by atoms with Gasteiger partial charge < -0.3 is 19.7 Å². The summed E-state index contributed by atoms with van der Waals surface area (Å²) in [5.74, 6) is 1.05. The van der Waals surface area contributed by atoms with E-state index in [0.29, 0.717) is 53.0 Å². The quantitative estimate of drug-likeness (QED) is 0.0697. The minimum atomic E-state index is -2.03. The molecule has 2 N–H and O–H groups in total. The number of pyridine rings is 3. The molecule has 0 amide bonds. The van der Waals surface area contributed by atoms with Gasteiger partial charge in [-0.1, -0.05) is 310 Å². The Hall–Kier alpha value is -12.1. The predicted molar refractivity (Wildman–Crippen MR) is 501 cm³/mol. The molecule has 0 bridgehead atoms. The van der Waals surface area contributed by atoms with E-state index >= 15 is 0 Å². The summed E-state index contributed by atoms with van der Waals surface area (Å²) < 4.78 is 57.1. The molecule has 128 heavy (non-hydrogen) atoms. The van der Waals surface area contributed by atoms with Crippen LogP contribution in [0.5, 0.6) is 0 Å². The normalized spacial score (nSPS) is 11.6. The van der Waals surface area contributed by atoms with Crippen LogP contribution < -0.4 is 62.0 Å². The molecule has 0 radical (unpaired) electrons. The van der Waals surface area contributed by atoms with Gasteiger partial charge in [-0.25, -0.2) is 58.6 Å². The van der Waals surface area contributed by atoms with Gasteiger partial charge >= 0.3 is 58.5 Å². The zero-order valence-corrected chi connectivity index (χ0v) is 78.1. The largest absolute Gasteiger partial charge is 1.00 e. The molecule has 0 aliphatic heterocycles. The molecule has 18 aromatic rings. The summed E-state index contributed by atoms with van der Waals surface area (Å²) >= 11 is 5.99. The molecule has 24 heteroatoms. The number of hydrogen-bond donors (Lipinski definition) is 2. The van der Waals surface area contributed by atoms with Crippen molar-refractivity contribution in [2.45, 2.75) is 131 Å². The second-order valence-corrected chi connectivity index (χ2v) is 36.1. The van der Waals surface area contributed by atoms with E-state index in [0.717, 1.165) is 84.8 Å². The molecule has 0 aliphatic carbocycles. The predicted octanol–water partition coefficient (Wildman–Crippen LogP) is 20.2. The van der Waals surface area contributed by atoms with Gasteiger partial charge in [0.25, 0.3) is 0 Å². The number of fused-ring (bicyclic) bond motifs is 6. The Kier molecular flexibility index (Phi) is 28.7. The van der Waals surface area contributed by atoms with E-state index < -0.39 is 41.7 Å². The average molecular weight is 1750 g/mol. The molecule has 0 spiro atoms. The van der Waals surface area contributed by atoms with Crippen LogP contribution in [0.15, 0.2) is 292 Å². The molecule has 0 saturated carbocycles. The van der Waals surface area contributed by atoms with Gasteiger partial charge in [0.15, 0.2) is 46.6 Å². The summed E-state index contributed by atoms with van der Waals surface area (Å²) in [4.78, 5) is 53.7. The Morgan fingerprint density at radius 1 is 0.305 bits per heavy atom. The zero-order valence-electron chi connectivity index (χ0n) is 74.2. The summed E-state index contributed by atoms with van der Waals surface area (Å²) in [6, 6.07) is 90.1. The van der Waals surface area contributed by atoms with Crippen molar-refractivity contribution in [1.29, 1.82) is 0 Å². The van der Waals surface area contributed by atoms with Gasteiger partial charge in [0, 0.05) is 60.4 Å². The minimum absolute atomic E-state index is 0. The Balaban J connectivity index is 0.000000181. The SMILES string of the molecule is CC(C)(C)[O-].CC(C)(C)c1ccc2c(c1)c1cc(C(C)(C)C)ccc1n2-c1cnc(-n2c3ccc(C(C)(C)C)cc3c3cc(C(C)(C)C)ccc32)c(-c2nc(-c3ccccc3)nc(-c3ccccc3)n2)c1.Clc1nc(-c2ccccc2)nc(-c2ccccc2)n1.Fc1cnc(F)c(-c2nc(-c3ccccc3)nc(-c3ccccc3)n2)c1.OB(O)c1cc(F)cnc1F.[K+]. The molecule has 8 aromatic heterocycles. The van der Waals surface area contributed by atoms with Gasteiger partial charge in [-0.3, -0.25) is 4.57 Å². The minimum Gasteiger partial charge on any atom is -0.850 e. The van der Waals surface area contributed by atoms with Gasteiger partial charge in [-0.05, 0) is 122 Å². The Bertz CT molecular complexity index is 6650. The van der Waals surface area contributed by atoms with Crippen LogP contribution in [0.25, 0.3) is 146 Å². The van der Waals surface area contributed by atoms with Crippen molar-refractivity contribution in [3.05, 3.63) is 343 Å². The first kappa shape index (κ1) is 93.5. The molecular weight excluding hydrogens is 1650 g/mol. The third kappa shape index (κ3) is 22.3. The van der Waals surface area contributed by atoms with Crippen LogP contribution in [0.4, 0.5) is 17.6 Å². The molecule has 0 fully saturated rings. The van der Waals surface area contributed by atoms with E-state index in [-0.39, 0.29) is 89.7 Å². The van der Waals surface area contributed by atoms with Gasteiger partial charge in [0.2, 0.25) is 17.2 Å². The van der Waals surface area contributed by atoms with E-state index in [1.165, 1.54) is 43.8 Å². The van der Waals surface area contributed by atoms with Gasteiger partial charge in [0.1, 0.15) is 17.5 Å². The molecule has 0 atom stereocenters. The topological polar surface area (TPSA) is 228 Å². The maximum Gasteiger partial charge on any atom is 1.00 e. The van der Waals surface area contributed by atoms with E-state index in [2.05, 4.69) is 235 Å². The fourth-order valence-electron chi connectivity index (χ4n) is 14.2. The molecular formula is C104H95BClF4KN14O3. The second kappa shape index (κ2) is 39.2. The fraction of sp³-hybridized carbons (Fsp3) is 0.192. The Morgan fingerprint density at radius 2 is 0.570 bits per heavy atom. The van der Waals surface area contributed by atoms with Gasteiger partial charge in [-0.15, -0.1) is 5.60 Å². The second-order valence-electron chi connectivity index (χ2n) is 35.7. The van der Waals surface area contributed by atoms with Crippen molar-refractivity contribution in [3.8, 4) is 103 Å².